The van der Waals surface area contributed by atoms with Gasteiger partial charge >= 0.3 is 0 Å². The summed E-state index contributed by atoms with van der Waals surface area (Å²) in [7, 11) is 0. The minimum atomic E-state index is 0.635. The van der Waals surface area contributed by atoms with Crippen LogP contribution in [0.4, 0.5) is 0 Å². The van der Waals surface area contributed by atoms with Crippen molar-refractivity contribution >= 4 is 68.0 Å². The molecule has 0 unspecified atom stereocenters. The van der Waals surface area contributed by atoms with Crippen LogP contribution < -0.4 is 9.47 Å². The lowest BCUT2D eigenvalue weighted by atomic mass is 10.0. The number of hydrogen-bond acceptors (Lipinski definition) is 7. The van der Waals surface area contributed by atoms with Crippen molar-refractivity contribution < 1.29 is 9.47 Å². The molecule has 0 bridgehead atoms. The molecule has 0 atom stereocenters. The molecule has 0 amide bonds. The Hall–Kier alpha value is -2.79. The van der Waals surface area contributed by atoms with Gasteiger partial charge < -0.3 is 9.47 Å². The molecule has 0 spiro atoms. The molecule has 3 aromatic carbocycles. The second kappa shape index (κ2) is 9.46. The predicted octanol–water partition coefficient (Wildman–Crippen LogP) is 9.34. The highest BCUT2D eigenvalue weighted by Crippen LogP contribution is 2.54. The average molecular weight is 611 g/mol. The molecule has 4 nitrogen and oxygen atoms in total. The van der Waals surface area contributed by atoms with Crippen molar-refractivity contribution in [1.82, 2.24) is 8.75 Å². The highest BCUT2D eigenvalue weighted by Gasteiger charge is 2.28. The zero-order valence-corrected chi connectivity index (χ0v) is 22.1. The third-order valence-electron chi connectivity index (χ3n) is 5.15. The lowest BCUT2D eigenvalue weighted by Gasteiger charge is -2.19. The Morgan fingerprint density at radius 3 is 1.62 bits per heavy atom. The number of halogens is 1. The molecular weight excluding hydrogens is 595 g/mol. The van der Waals surface area contributed by atoms with Gasteiger partial charge in [0.15, 0.2) is 11.5 Å². The lowest BCUT2D eigenvalue weighted by molar-refractivity contribution is 0.422. The van der Waals surface area contributed by atoms with Gasteiger partial charge in [0, 0.05) is 13.3 Å². The minimum absolute atomic E-state index is 0.635. The molecule has 0 radical (unpaired) electrons. The normalized spacial score (nSPS) is 11.1. The van der Waals surface area contributed by atoms with Gasteiger partial charge in [0.2, 0.25) is 0 Å². The number of nitrogens with zero attached hydrogens (tertiary/aromatic N) is 2. The Kier molecular flexibility index (Phi) is 6.04. The van der Waals surface area contributed by atoms with Gasteiger partial charge in [-0.25, -0.2) is 0 Å². The van der Waals surface area contributed by atoms with Gasteiger partial charge in [-0.2, -0.15) is 8.75 Å². The van der Waals surface area contributed by atoms with E-state index < -0.39 is 0 Å². The topological polar surface area (TPSA) is 44.2 Å². The summed E-state index contributed by atoms with van der Waals surface area (Å²) in [6, 6.07) is 26.0. The fourth-order valence-electron chi connectivity index (χ4n) is 3.68. The summed E-state index contributed by atoms with van der Waals surface area (Å²) in [5.74, 6) is 2.73. The van der Waals surface area contributed by atoms with Crippen molar-refractivity contribution in [3.05, 3.63) is 93.2 Å². The molecule has 8 heteroatoms. The average Bonchev–Trinajstić information content (AvgIpc) is 3.65. The number of thiophene rings is 2. The molecule has 0 N–H and O–H groups in total. The largest absolute Gasteiger partial charge is 0.453 e. The Balaban J connectivity index is 1.69. The van der Waals surface area contributed by atoms with Crippen molar-refractivity contribution in [2.45, 2.75) is 0 Å². The summed E-state index contributed by atoms with van der Waals surface area (Å²) in [4.78, 5) is 2.10. The Morgan fingerprint density at radius 2 is 1.12 bits per heavy atom. The van der Waals surface area contributed by atoms with E-state index in [2.05, 4.69) is 45.5 Å². The number of benzene rings is 3. The number of ether oxygens (including phenoxy) is 2. The maximum absolute atomic E-state index is 6.63. The van der Waals surface area contributed by atoms with E-state index >= 15 is 0 Å². The van der Waals surface area contributed by atoms with Crippen LogP contribution in [0.1, 0.15) is 0 Å². The number of hydrogen-bond donors (Lipinski definition) is 0. The van der Waals surface area contributed by atoms with Gasteiger partial charge in [-0.1, -0.05) is 30.3 Å². The lowest BCUT2D eigenvalue weighted by Crippen LogP contribution is -1.97. The fraction of sp³-hybridized carbons (Fsp3) is 0. The van der Waals surface area contributed by atoms with Gasteiger partial charge in [-0.05, 0) is 81.9 Å². The van der Waals surface area contributed by atoms with Crippen molar-refractivity contribution in [2.75, 3.05) is 0 Å². The second-order valence-electron chi connectivity index (χ2n) is 7.30. The molecule has 0 aliphatic carbocycles. The van der Waals surface area contributed by atoms with Crippen LogP contribution in [0, 0.1) is 3.57 Å². The second-order valence-corrected chi connectivity index (χ2v) is 11.0. The van der Waals surface area contributed by atoms with E-state index in [1.807, 2.05) is 66.7 Å². The molecule has 0 saturated heterocycles. The number of para-hydroxylation sites is 1. The zero-order chi connectivity index (χ0) is 22.9. The van der Waals surface area contributed by atoms with Gasteiger partial charge in [0.25, 0.3) is 0 Å². The molecule has 3 aromatic heterocycles. The van der Waals surface area contributed by atoms with Gasteiger partial charge in [-0.3, -0.25) is 0 Å². The van der Waals surface area contributed by atoms with Gasteiger partial charge in [0.1, 0.15) is 22.5 Å². The van der Waals surface area contributed by atoms with Crippen LogP contribution >= 0.6 is 57.0 Å². The van der Waals surface area contributed by atoms with E-state index in [9.17, 15) is 0 Å². The smallest absolute Gasteiger partial charge is 0.181 e. The first kappa shape index (κ1) is 21.7. The Bertz CT molecular complexity index is 1550. The summed E-state index contributed by atoms with van der Waals surface area (Å²) in [6.07, 6.45) is 0. The summed E-state index contributed by atoms with van der Waals surface area (Å²) in [5.41, 5.74) is 3.42. The molecule has 0 aliphatic rings. The number of aromatic nitrogens is 2. The molecule has 166 valence electrons. The van der Waals surface area contributed by atoms with Crippen LogP contribution in [-0.4, -0.2) is 8.75 Å². The maximum Gasteiger partial charge on any atom is 0.181 e. The van der Waals surface area contributed by atoms with E-state index in [1.54, 1.807) is 22.7 Å². The monoisotopic (exact) mass is 610 g/mol. The predicted molar refractivity (Wildman–Crippen MR) is 150 cm³/mol. The van der Waals surface area contributed by atoms with Crippen LogP contribution in [0.15, 0.2) is 89.6 Å². The van der Waals surface area contributed by atoms with Crippen molar-refractivity contribution in [1.29, 1.82) is 0 Å². The van der Waals surface area contributed by atoms with Gasteiger partial charge in [-0.15, -0.1) is 22.7 Å². The summed E-state index contributed by atoms with van der Waals surface area (Å²) in [5, 5.41) is 4.11. The molecule has 0 fully saturated rings. The number of rotatable bonds is 6. The van der Waals surface area contributed by atoms with Crippen LogP contribution in [-0.2, 0) is 0 Å². The zero-order valence-electron chi connectivity index (χ0n) is 17.5. The van der Waals surface area contributed by atoms with E-state index in [1.165, 1.54) is 11.7 Å². The first-order valence-corrected chi connectivity index (χ1v) is 13.9. The molecule has 6 aromatic rings. The van der Waals surface area contributed by atoms with Crippen molar-refractivity contribution in [3.63, 3.8) is 0 Å². The number of fused-ring (bicyclic) bond motifs is 1. The molecular formula is C26H15IN2O2S3. The standard InChI is InChI=1S/C26H15IN2O2S3/c27-16-10-12-18(13-11-16)31-26-22(20-9-5-15-33-20)24-23(28-34-29-24)21(19-8-4-14-32-19)25(26)30-17-6-2-1-3-7-17/h1-15H. The highest BCUT2D eigenvalue weighted by atomic mass is 127. The van der Waals surface area contributed by atoms with E-state index in [4.69, 9.17) is 18.2 Å². The van der Waals surface area contributed by atoms with Gasteiger partial charge in [0.05, 0.1) is 22.9 Å². The summed E-state index contributed by atoms with van der Waals surface area (Å²) >= 11 is 6.78. The maximum atomic E-state index is 6.63. The van der Waals surface area contributed by atoms with Crippen LogP contribution in [0.2, 0.25) is 0 Å². The molecule has 34 heavy (non-hydrogen) atoms. The first-order chi connectivity index (χ1) is 16.8. The minimum Gasteiger partial charge on any atom is -0.453 e. The summed E-state index contributed by atoms with van der Waals surface area (Å²) < 4.78 is 23.8. The first-order valence-electron chi connectivity index (χ1n) is 10.3. The Labute approximate surface area is 221 Å². The third kappa shape index (κ3) is 4.11. The highest BCUT2D eigenvalue weighted by molar-refractivity contribution is 14.1. The van der Waals surface area contributed by atoms with E-state index in [0.29, 0.717) is 11.5 Å². The SMILES string of the molecule is Ic1ccc(Oc2c(Oc3ccccc3)c(-c3cccs3)c3nsnc3c2-c2cccs2)cc1. The third-order valence-corrected chi connectivity index (χ3v) is 8.18. The Morgan fingerprint density at radius 1 is 0.588 bits per heavy atom. The van der Waals surface area contributed by atoms with Crippen molar-refractivity contribution in [2.24, 2.45) is 0 Å². The van der Waals surface area contributed by atoms with Crippen LogP contribution in [0.3, 0.4) is 0 Å². The van der Waals surface area contributed by atoms with E-state index in [0.717, 1.165) is 47.0 Å². The quantitative estimate of drug-likeness (QED) is 0.176. The summed E-state index contributed by atoms with van der Waals surface area (Å²) in [6.45, 7) is 0. The molecule has 0 aliphatic heterocycles. The van der Waals surface area contributed by atoms with E-state index in [-0.39, 0.29) is 0 Å². The van der Waals surface area contributed by atoms with Crippen LogP contribution in [0.5, 0.6) is 23.0 Å². The molecule has 0 saturated carbocycles. The molecule has 3 heterocycles. The van der Waals surface area contributed by atoms with Crippen molar-refractivity contribution in [3.8, 4) is 43.9 Å². The molecule has 6 rings (SSSR count). The fourth-order valence-corrected chi connectivity index (χ4v) is 6.13. The van der Waals surface area contributed by atoms with Crippen LogP contribution in [0.25, 0.3) is 31.9 Å².